The first-order valence-corrected chi connectivity index (χ1v) is 4.96. The van der Waals surface area contributed by atoms with Crippen LogP contribution < -0.4 is 0 Å². The van der Waals surface area contributed by atoms with Crippen LogP contribution in [0.25, 0.3) is 0 Å². The van der Waals surface area contributed by atoms with Crippen LogP contribution in [0.5, 0.6) is 0 Å². The second-order valence-corrected chi connectivity index (χ2v) is 4.15. The zero-order valence-corrected chi connectivity index (χ0v) is 6.78. The summed E-state index contributed by atoms with van der Waals surface area (Å²) in [5, 5.41) is 2.58. The minimum Gasteiger partial charge on any atom is -0.281 e. The van der Waals surface area contributed by atoms with Gasteiger partial charge >= 0.3 is 0 Å². The molecule has 0 rings (SSSR count). The Morgan fingerprint density at radius 1 is 1.71 bits per heavy atom. The van der Waals surface area contributed by atoms with Gasteiger partial charge in [0, 0.05) is 0 Å². The molecular formula is C4H10AlClO. The smallest absolute Gasteiger partial charge is 0.240 e. The van der Waals surface area contributed by atoms with E-state index in [0.717, 1.165) is 6.61 Å². The van der Waals surface area contributed by atoms with E-state index in [1.165, 1.54) is 10.6 Å². The summed E-state index contributed by atoms with van der Waals surface area (Å²) in [4.78, 5) is 0. The van der Waals surface area contributed by atoms with Crippen LogP contribution in [0.1, 0.15) is 6.92 Å². The molecule has 0 radical (unpaired) electrons. The van der Waals surface area contributed by atoms with Crippen LogP contribution in [0, 0.1) is 0 Å². The summed E-state index contributed by atoms with van der Waals surface area (Å²) in [5.74, 6) is 0. The predicted octanol–water partition coefficient (Wildman–Crippen LogP) is 1.45. The molecule has 0 saturated carbocycles. The molecule has 42 valence electrons. The molecule has 0 aliphatic heterocycles. The van der Waals surface area contributed by atoms with Gasteiger partial charge in [-0.25, -0.2) is 0 Å². The standard InChI is InChI=1S/C2H4ClO.C2H5.Al.H/c1-2-4-3;1-2;;/h1-2H2;1H2,2H3;;. The Hall–Kier alpha value is 0.782. The van der Waals surface area contributed by atoms with Crippen molar-refractivity contribution in [1.82, 2.24) is 0 Å². The van der Waals surface area contributed by atoms with Crippen molar-refractivity contribution in [2.45, 2.75) is 17.5 Å². The molecule has 0 aromatic rings. The van der Waals surface area contributed by atoms with Crippen molar-refractivity contribution in [2.24, 2.45) is 0 Å². The lowest BCUT2D eigenvalue weighted by Crippen LogP contribution is -1.90. The highest BCUT2D eigenvalue weighted by atomic mass is 35.5. The van der Waals surface area contributed by atoms with Gasteiger partial charge in [-0.1, -0.05) is 17.5 Å². The van der Waals surface area contributed by atoms with E-state index in [9.17, 15) is 0 Å². The number of hydrogen-bond donors (Lipinski definition) is 0. The Morgan fingerprint density at radius 2 is 2.43 bits per heavy atom. The van der Waals surface area contributed by atoms with Crippen LogP contribution in [-0.2, 0) is 4.29 Å². The topological polar surface area (TPSA) is 9.23 Å². The van der Waals surface area contributed by atoms with E-state index < -0.39 is 0 Å². The van der Waals surface area contributed by atoms with Gasteiger partial charge in [-0.15, -0.1) is 0 Å². The minimum atomic E-state index is 0.201. The Morgan fingerprint density at radius 3 is 2.86 bits per heavy atom. The van der Waals surface area contributed by atoms with Crippen molar-refractivity contribution in [3.05, 3.63) is 0 Å². The maximum absolute atomic E-state index is 4.96. The monoisotopic (exact) mass is 136 g/mol. The summed E-state index contributed by atoms with van der Waals surface area (Å²) in [5.41, 5.74) is 0. The fraction of sp³-hybridized carbons (Fsp3) is 1.00. The molecule has 0 aromatic carbocycles. The predicted molar refractivity (Wildman–Crippen MR) is 34.2 cm³/mol. The molecule has 3 heteroatoms. The highest BCUT2D eigenvalue weighted by Crippen LogP contribution is 1.87. The summed E-state index contributed by atoms with van der Waals surface area (Å²) in [6.07, 6.45) is 0. The lowest BCUT2D eigenvalue weighted by Gasteiger charge is -1.87. The van der Waals surface area contributed by atoms with Crippen LogP contribution in [0.15, 0.2) is 0 Å². The van der Waals surface area contributed by atoms with Crippen molar-refractivity contribution in [3.8, 4) is 0 Å². The molecule has 0 aromatic heterocycles. The molecule has 0 spiro atoms. The summed E-state index contributed by atoms with van der Waals surface area (Å²) in [7, 11) is 0. The van der Waals surface area contributed by atoms with Crippen molar-refractivity contribution in [2.75, 3.05) is 6.61 Å². The van der Waals surface area contributed by atoms with Gasteiger partial charge < -0.3 is 0 Å². The Labute approximate surface area is 55.9 Å². The van der Waals surface area contributed by atoms with Crippen LogP contribution in [0.3, 0.4) is 0 Å². The van der Waals surface area contributed by atoms with E-state index in [1.54, 1.807) is 0 Å². The molecule has 1 nitrogen and oxygen atoms in total. The van der Waals surface area contributed by atoms with E-state index in [1.807, 2.05) is 0 Å². The fourth-order valence-electron chi connectivity index (χ4n) is 0.407. The minimum absolute atomic E-state index is 0.201. The third-order valence-electron chi connectivity index (χ3n) is 0.825. The van der Waals surface area contributed by atoms with Gasteiger partial charge in [0.25, 0.3) is 0 Å². The molecular weight excluding hydrogens is 126 g/mol. The molecule has 0 bridgehead atoms. The average molecular weight is 137 g/mol. The van der Waals surface area contributed by atoms with Crippen molar-refractivity contribution in [3.63, 3.8) is 0 Å². The zero-order chi connectivity index (χ0) is 5.54. The molecule has 0 aliphatic carbocycles. The largest absolute Gasteiger partial charge is 0.281 e. The van der Waals surface area contributed by atoms with E-state index in [0.29, 0.717) is 0 Å². The van der Waals surface area contributed by atoms with Crippen LogP contribution in [-0.4, -0.2) is 21.8 Å². The van der Waals surface area contributed by atoms with Crippen LogP contribution in [0.2, 0.25) is 10.6 Å². The molecule has 0 heterocycles. The van der Waals surface area contributed by atoms with Gasteiger partial charge in [0.05, 0.1) is 18.5 Å². The van der Waals surface area contributed by atoms with Crippen LogP contribution in [0.4, 0.5) is 0 Å². The summed E-state index contributed by atoms with van der Waals surface area (Å²) in [6, 6.07) is 0. The van der Waals surface area contributed by atoms with Gasteiger partial charge in [-0.2, -0.15) is 0 Å². The van der Waals surface area contributed by atoms with E-state index in [2.05, 4.69) is 11.2 Å². The Bertz CT molecular complexity index is 30.9. The number of rotatable bonds is 4. The first kappa shape index (κ1) is 7.78. The first-order chi connectivity index (χ1) is 3.41. The number of halogens is 1. The van der Waals surface area contributed by atoms with Crippen molar-refractivity contribution >= 4 is 27.1 Å². The first-order valence-electron chi connectivity index (χ1n) is 2.65. The second-order valence-electron chi connectivity index (χ2n) is 1.52. The van der Waals surface area contributed by atoms with Gasteiger partial charge in [-0.3, -0.25) is 4.29 Å². The third-order valence-corrected chi connectivity index (χ3v) is 2.48. The Balaban J connectivity index is 2.45. The van der Waals surface area contributed by atoms with E-state index in [-0.39, 0.29) is 15.2 Å². The fourth-order valence-corrected chi connectivity index (χ4v) is 1.55. The summed E-state index contributed by atoms with van der Waals surface area (Å²) < 4.78 is 4.35. The lowest BCUT2D eigenvalue weighted by atomic mass is 10.9. The summed E-state index contributed by atoms with van der Waals surface area (Å²) in [6.45, 7) is 2.96. The van der Waals surface area contributed by atoms with E-state index in [4.69, 9.17) is 11.9 Å². The molecule has 0 fully saturated rings. The highest BCUT2D eigenvalue weighted by Gasteiger charge is 1.86. The maximum atomic E-state index is 4.96. The maximum Gasteiger partial charge on any atom is 0.240 e. The number of hydrogen-bond acceptors (Lipinski definition) is 1. The Kier molecular flexibility index (Phi) is 7.54. The van der Waals surface area contributed by atoms with E-state index >= 15 is 0 Å². The summed E-state index contributed by atoms with van der Waals surface area (Å²) >= 11 is 5.16. The molecule has 0 unspecified atom stereocenters. The normalized spacial score (nSPS) is 8.86. The molecule has 0 aliphatic rings. The van der Waals surface area contributed by atoms with Gasteiger partial charge in [-0.05, 0) is 0 Å². The quantitative estimate of drug-likeness (QED) is 0.420. The molecule has 0 atom stereocenters. The highest BCUT2D eigenvalue weighted by molar-refractivity contribution is 6.35. The lowest BCUT2D eigenvalue weighted by molar-refractivity contribution is 0.377. The average Bonchev–Trinajstić information content (AvgIpc) is 1.69. The van der Waals surface area contributed by atoms with Crippen molar-refractivity contribution < 1.29 is 4.29 Å². The van der Waals surface area contributed by atoms with Crippen LogP contribution >= 0.6 is 11.9 Å². The van der Waals surface area contributed by atoms with Gasteiger partial charge in [0.15, 0.2) is 0 Å². The second kappa shape index (κ2) is 6.78. The van der Waals surface area contributed by atoms with Gasteiger partial charge in [0.1, 0.15) is 0 Å². The molecule has 7 heavy (non-hydrogen) atoms. The van der Waals surface area contributed by atoms with Gasteiger partial charge in [0.2, 0.25) is 15.2 Å². The van der Waals surface area contributed by atoms with Crippen molar-refractivity contribution in [1.29, 1.82) is 0 Å². The zero-order valence-electron chi connectivity index (χ0n) is 4.61. The molecule has 0 N–H and O–H groups in total. The molecule has 0 amide bonds. The third kappa shape index (κ3) is 6.78. The SMILES string of the molecule is C[CH2][AlH][CH2]COCl. The molecule has 0 saturated heterocycles.